The van der Waals surface area contributed by atoms with E-state index >= 15 is 0 Å². The van der Waals surface area contributed by atoms with Crippen LogP contribution in [0.25, 0.3) is 5.69 Å². The van der Waals surface area contributed by atoms with E-state index in [4.69, 9.17) is 16.7 Å². The van der Waals surface area contributed by atoms with Gasteiger partial charge in [0, 0.05) is 13.1 Å². The lowest BCUT2D eigenvalue weighted by Crippen LogP contribution is -2.40. The molecule has 8 heteroatoms. The maximum absolute atomic E-state index is 12.4. The highest BCUT2D eigenvalue weighted by Gasteiger charge is 2.28. The number of nitrogens with zero attached hydrogens (tertiary/aromatic N) is 4. The molecule has 1 aliphatic rings. The maximum atomic E-state index is 12.4. The first kappa shape index (κ1) is 15.5. The molecule has 23 heavy (non-hydrogen) atoms. The van der Waals surface area contributed by atoms with Crippen LogP contribution >= 0.6 is 11.6 Å². The molecule has 7 nitrogen and oxygen atoms in total. The standard InChI is InChI=1S/C15H15ClN4O3/c16-11-3-1-2-4-13(11)20-9-12(17-18-20)14(21)19-7-5-10(6-8-19)15(22)23/h1-4,9-10H,5-8H2,(H,22,23). The molecule has 0 bridgehead atoms. The number of piperidine rings is 1. The van der Waals surface area contributed by atoms with Crippen molar-refractivity contribution < 1.29 is 14.7 Å². The minimum atomic E-state index is -0.804. The predicted molar refractivity (Wildman–Crippen MR) is 82.6 cm³/mol. The van der Waals surface area contributed by atoms with Crippen LogP contribution < -0.4 is 0 Å². The van der Waals surface area contributed by atoms with Crippen molar-refractivity contribution >= 4 is 23.5 Å². The minimum Gasteiger partial charge on any atom is -0.481 e. The number of amides is 1. The minimum absolute atomic E-state index is 0.221. The van der Waals surface area contributed by atoms with E-state index in [2.05, 4.69) is 10.3 Å². The molecule has 1 saturated heterocycles. The summed E-state index contributed by atoms with van der Waals surface area (Å²) in [6, 6.07) is 7.14. The summed E-state index contributed by atoms with van der Waals surface area (Å²) in [4.78, 5) is 25.0. The molecule has 1 aliphatic heterocycles. The Kier molecular flexibility index (Phi) is 4.29. The summed E-state index contributed by atoms with van der Waals surface area (Å²) in [6.07, 6.45) is 2.45. The van der Waals surface area contributed by atoms with Crippen LogP contribution in [0.3, 0.4) is 0 Å². The number of carbonyl (C=O) groups is 2. The van der Waals surface area contributed by atoms with Crippen LogP contribution in [-0.4, -0.2) is 50.0 Å². The number of halogens is 1. The van der Waals surface area contributed by atoms with Crippen molar-refractivity contribution in [3.8, 4) is 5.69 Å². The number of benzene rings is 1. The molecule has 120 valence electrons. The third kappa shape index (κ3) is 3.19. The second-order valence-electron chi connectivity index (χ2n) is 5.40. The molecule has 3 rings (SSSR count). The summed E-state index contributed by atoms with van der Waals surface area (Å²) in [5, 5.41) is 17.4. The fraction of sp³-hybridized carbons (Fsp3) is 0.333. The lowest BCUT2D eigenvalue weighted by Gasteiger charge is -2.29. The van der Waals surface area contributed by atoms with Crippen molar-refractivity contribution in [2.24, 2.45) is 5.92 Å². The van der Waals surface area contributed by atoms with Crippen LogP contribution in [-0.2, 0) is 4.79 Å². The number of hydrogen-bond donors (Lipinski definition) is 1. The molecule has 1 fully saturated rings. The molecule has 1 aromatic heterocycles. The lowest BCUT2D eigenvalue weighted by molar-refractivity contribution is -0.143. The Morgan fingerprint density at radius 2 is 1.91 bits per heavy atom. The molecule has 0 radical (unpaired) electrons. The second kappa shape index (κ2) is 6.37. The van der Waals surface area contributed by atoms with Gasteiger partial charge in [-0.15, -0.1) is 5.10 Å². The van der Waals surface area contributed by atoms with Gasteiger partial charge in [0.05, 0.1) is 22.8 Å². The zero-order chi connectivity index (χ0) is 16.4. The van der Waals surface area contributed by atoms with E-state index in [0.717, 1.165) is 0 Å². The smallest absolute Gasteiger partial charge is 0.306 e. The summed E-state index contributed by atoms with van der Waals surface area (Å²) >= 11 is 6.10. The Balaban J connectivity index is 1.72. The number of carboxylic acids is 1. The molecule has 2 aromatic rings. The largest absolute Gasteiger partial charge is 0.481 e. The van der Waals surface area contributed by atoms with Crippen molar-refractivity contribution in [3.63, 3.8) is 0 Å². The van der Waals surface area contributed by atoms with Crippen LogP contribution in [0.15, 0.2) is 30.5 Å². The van der Waals surface area contributed by atoms with E-state index in [9.17, 15) is 9.59 Å². The molecule has 1 aromatic carbocycles. The molecule has 0 spiro atoms. The van der Waals surface area contributed by atoms with Gasteiger partial charge in [-0.25, -0.2) is 4.68 Å². The number of para-hydroxylation sites is 1. The van der Waals surface area contributed by atoms with Crippen LogP contribution in [0, 0.1) is 5.92 Å². The lowest BCUT2D eigenvalue weighted by atomic mass is 9.97. The van der Waals surface area contributed by atoms with Gasteiger partial charge in [-0.3, -0.25) is 9.59 Å². The quantitative estimate of drug-likeness (QED) is 0.925. The maximum Gasteiger partial charge on any atom is 0.306 e. The number of hydrogen-bond acceptors (Lipinski definition) is 4. The molecule has 1 amide bonds. The number of aliphatic carboxylic acids is 1. The van der Waals surface area contributed by atoms with Crippen molar-refractivity contribution in [1.29, 1.82) is 0 Å². The van der Waals surface area contributed by atoms with Crippen LogP contribution in [0.1, 0.15) is 23.3 Å². The zero-order valence-corrected chi connectivity index (χ0v) is 13.0. The highest BCUT2D eigenvalue weighted by Crippen LogP contribution is 2.21. The van der Waals surface area contributed by atoms with Gasteiger partial charge in [0.15, 0.2) is 5.69 Å². The Morgan fingerprint density at radius 1 is 1.22 bits per heavy atom. The highest BCUT2D eigenvalue weighted by atomic mass is 35.5. The molecular formula is C15H15ClN4O3. The average molecular weight is 335 g/mol. The third-order valence-electron chi connectivity index (χ3n) is 3.94. The second-order valence-corrected chi connectivity index (χ2v) is 5.81. The Hall–Kier alpha value is -2.41. The van der Waals surface area contributed by atoms with E-state index in [1.54, 1.807) is 23.1 Å². The van der Waals surface area contributed by atoms with Crippen LogP contribution in [0.4, 0.5) is 0 Å². The average Bonchev–Trinajstić information content (AvgIpc) is 3.04. The monoisotopic (exact) mass is 334 g/mol. The van der Waals surface area contributed by atoms with E-state index in [1.165, 1.54) is 10.9 Å². The Morgan fingerprint density at radius 3 is 2.57 bits per heavy atom. The van der Waals surface area contributed by atoms with Crippen molar-refractivity contribution in [2.45, 2.75) is 12.8 Å². The van der Waals surface area contributed by atoms with Crippen molar-refractivity contribution in [3.05, 3.63) is 41.2 Å². The Labute approximate surface area is 137 Å². The molecule has 0 unspecified atom stereocenters. The first-order valence-electron chi connectivity index (χ1n) is 7.25. The van der Waals surface area contributed by atoms with Gasteiger partial charge < -0.3 is 10.0 Å². The van der Waals surface area contributed by atoms with Gasteiger partial charge in [-0.05, 0) is 25.0 Å². The van der Waals surface area contributed by atoms with Crippen molar-refractivity contribution in [1.82, 2.24) is 19.9 Å². The number of aromatic nitrogens is 3. The van der Waals surface area contributed by atoms with Gasteiger partial charge in [0.25, 0.3) is 5.91 Å². The number of rotatable bonds is 3. The topological polar surface area (TPSA) is 88.3 Å². The third-order valence-corrected chi connectivity index (χ3v) is 4.26. The number of carboxylic acid groups (broad SMARTS) is 1. The molecule has 2 heterocycles. The van der Waals surface area contributed by atoms with Gasteiger partial charge in [-0.1, -0.05) is 28.9 Å². The fourth-order valence-electron chi connectivity index (χ4n) is 2.61. The molecule has 0 saturated carbocycles. The van der Waals surface area contributed by atoms with Crippen LogP contribution in [0.2, 0.25) is 5.02 Å². The highest BCUT2D eigenvalue weighted by molar-refractivity contribution is 6.32. The summed E-state index contributed by atoms with van der Waals surface area (Å²) in [5.41, 5.74) is 0.865. The molecule has 0 atom stereocenters. The first-order valence-corrected chi connectivity index (χ1v) is 7.63. The normalized spacial score (nSPS) is 15.6. The van der Waals surface area contributed by atoms with Crippen LogP contribution in [0.5, 0.6) is 0 Å². The first-order chi connectivity index (χ1) is 11.1. The molecular weight excluding hydrogens is 320 g/mol. The van der Waals surface area contributed by atoms with E-state index in [1.807, 2.05) is 6.07 Å². The summed E-state index contributed by atoms with van der Waals surface area (Å²) < 4.78 is 1.46. The van der Waals surface area contributed by atoms with Crippen molar-refractivity contribution in [2.75, 3.05) is 13.1 Å². The van der Waals surface area contributed by atoms with Gasteiger partial charge >= 0.3 is 5.97 Å². The van der Waals surface area contributed by atoms with Gasteiger partial charge in [-0.2, -0.15) is 0 Å². The SMILES string of the molecule is O=C(O)C1CCN(C(=O)c2cn(-c3ccccc3Cl)nn2)CC1. The summed E-state index contributed by atoms with van der Waals surface area (Å²) in [7, 11) is 0. The number of likely N-dealkylation sites (tertiary alicyclic amines) is 1. The fourth-order valence-corrected chi connectivity index (χ4v) is 2.83. The summed E-state index contributed by atoms with van der Waals surface area (Å²) in [6.45, 7) is 0.823. The van der Waals surface area contributed by atoms with E-state index in [-0.39, 0.29) is 17.5 Å². The van der Waals surface area contributed by atoms with E-state index in [0.29, 0.717) is 36.6 Å². The van der Waals surface area contributed by atoms with Gasteiger partial charge in [0.2, 0.25) is 0 Å². The number of carbonyl (C=O) groups excluding carboxylic acids is 1. The molecule has 1 N–H and O–H groups in total. The van der Waals surface area contributed by atoms with Gasteiger partial charge in [0.1, 0.15) is 0 Å². The molecule has 0 aliphatic carbocycles. The summed E-state index contributed by atoms with van der Waals surface area (Å²) in [5.74, 6) is -1.42. The van der Waals surface area contributed by atoms with E-state index < -0.39 is 5.97 Å². The Bertz CT molecular complexity index is 738. The zero-order valence-electron chi connectivity index (χ0n) is 12.2. The predicted octanol–water partition coefficient (Wildman–Crippen LogP) is 1.86.